The normalized spacial score (nSPS) is 12.8. The number of ether oxygens (including phenoxy) is 2. The first-order valence-electron chi connectivity index (χ1n) is 9.65. The molecule has 0 spiro atoms. The second kappa shape index (κ2) is 11.4. The van der Waals surface area contributed by atoms with Crippen LogP contribution in [0.5, 0.6) is 11.5 Å². The van der Waals surface area contributed by atoms with E-state index in [1.54, 1.807) is 30.3 Å². The molecule has 3 rings (SSSR count). The molecule has 0 atom stereocenters. The number of halogens is 3. The first-order chi connectivity index (χ1) is 15.7. The van der Waals surface area contributed by atoms with Gasteiger partial charge in [-0.2, -0.15) is 5.10 Å². The van der Waals surface area contributed by atoms with Gasteiger partial charge in [0.05, 0.1) is 17.8 Å². The van der Waals surface area contributed by atoms with E-state index in [-0.39, 0.29) is 12.6 Å². The van der Waals surface area contributed by atoms with E-state index in [1.165, 1.54) is 13.3 Å². The van der Waals surface area contributed by atoms with E-state index >= 15 is 0 Å². The Kier molecular flexibility index (Phi) is 8.54. The summed E-state index contributed by atoms with van der Waals surface area (Å²) in [5.74, 6) is -1.39. The minimum absolute atomic E-state index is 0.0744. The van der Waals surface area contributed by atoms with Crippen molar-refractivity contribution in [2.75, 3.05) is 19.0 Å². The maximum atomic E-state index is 12.2. The third-order valence-electron chi connectivity index (χ3n) is 4.24. The van der Waals surface area contributed by atoms with E-state index in [4.69, 9.17) is 32.7 Å². The minimum atomic E-state index is -0.851. The maximum absolute atomic E-state index is 12.2. The van der Waals surface area contributed by atoms with Crippen LogP contribution in [0.3, 0.4) is 0 Å². The van der Waals surface area contributed by atoms with E-state index in [2.05, 4.69) is 37.1 Å². The summed E-state index contributed by atoms with van der Waals surface area (Å²) in [5, 5.41) is 9.77. The summed E-state index contributed by atoms with van der Waals surface area (Å²) in [5.41, 5.74) is 3.15. The average Bonchev–Trinajstić information content (AvgIpc) is 3.55. The zero-order chi connectivity index (χ0) is 24.0. The smallest absolute Gasteiger partial charge is 0.329 e. The van der Waals surface area contributed by atoms with Gasteiger partial charge in [-0.1, -0.05) is 23.2 Å². The summed E-state index contributed by atoms with van der Waals surface area (Å²) in [4.78, 5) is 35.6. The number of nitrogens with zero attached hydrogens (tertiary/aromatic N) is 1. The van der Waals surface area contributed by atoms with E-state index in [1.807, 2.05) is 0 Å². The summed E-state index contributed by atoms with van der Waals surface area (Å²) < 4.78 is 11.4. The third-order valence-corrected chi connectivity index (χ3v) is 5.27. The molecule has 174 valence electrons. The molecule has 0 bridgehead atoms. The van der Waals surface area contributed by atoms with E-state index < -0.39 is 17.7 Å². The van der Waals surface area contributed by atoms with Crippen LogP contribution in [0.25, 0.3) is 0 Å². The summed E-state index contributed by atoms with van der Waals surface area (Å²) in [6, 6.07) is 7.98. The molecular weight excluding hydrogens is 539 g/mol. The fraction of sp³-hybridized carbons (Fsp3) is 0.238. The summed E-state index contributed by atoms with van der Waals surface area (Å²) in [6.45, 7) is -0.307. The van der Waals surface area contributed by atoms with Gasteiger partial charge in [0.1, 0.15) is 0 Å². The number of hydrogen-bond donors (Lipinski definition) is 3. The SMILES string of the molecule is COc1cc(/C=N\NC(=O)C(=O)NC2CC2)cc(Br)c1OCC(=O)Nc1cc(Cl)cc(Cl)c1. The summed E-state index contributed by atoms with van der Waals surface area (Å²) >= 11 is 15.2. The Balaban J connectivity index is 1.59. The van der Waals surface area contributed by atoms with Gasteiger partial charge >= 0.3 is 11.8 Å². The van der Waals surface area contributed by atoms with Crippen molar-refractivity contribution in [3.8, 4) is 11.5 Å². The standard InChI is InChI=1S/C21H19BrCl2N4O5/c1-32-17-5-11(9-25-28-21(31)20(30)27-14-2-3-14)4-16(22)19(17)33-10-18(29)26-15-7-12(23)6-13(24)8-15/h4-9,14H,2-3,10H2,1H3,(H,26,29)(H,27,30)(H,28,31)/b25-9-. The molecule has 9 nitrogen and oxygen atoms in total. The number of nitrogens with one attached hydrogen (secondary N) is 3. The topological polar surface area (TPSA) is 118 Å². The Morgan fingerprint density at radius 3 is 2.45 bits per heavy atom. The highest BCUT2D eigenvalue weighted by molar-refractivity contribution is 9.10. The lowest BCUT2D eigenvalue weighted by Gasteiger charge is -2.13. The van der Waals surface area contributed by atoms with Crippen molar-refractivity contribution in [2.24, 2.45) is 5.10 Å². The molecule has 33 heavy (non-hydrogen) atoms. The monoisotopic (exact) mass is 556 g/mol. The second-order valence-corrected chi connectivity index (χ2v) is 8.70. The lowest BCUT2D eigenvalue weighted by atomic mass is 10.2. The largest absolute Gasteiger partial charge is 0.493 e. The molecule has 1 fully saturated rings. The van der Waals surface area contributed by atoms with Gasteiger partial charge in [-0.05, 0) is 64.7 Å². The lowest BCUT2D eigenvalue weighted by Crippen LogP contribution is -2.38. The molecule has 1 aliphatic rings. The Morgan fingerprint density at radius 1 is 1.12 bits per heavy atom. The number of hydrogen-bond acceptors (Lipinski definition) is 6. The highest BCUT2D eigenvalue weighted by Gasteiger charge is 2.26. The van der Waals surface area contributed by atoms with E-state index in [0.29, 0.717) is 37.3 Å². The number of carbonyl (C=O) groups is 3. The number of amides is 3. The maximum Gasteiger partial charge on any atom is 0.329 e. The molecule has 0 aromatic heterocycles. The van der Waals surface area contributed by atoms with Crippen molar-refractivity contribution in [1.82, 2.24) is 10.7 Å². The predicted molar refractivity (Wildman–Crippen MR) is 128 cm³/mol. The van der Waals surface area contributed by atoms with Gasteiger partial charge < -0.3 is 20.1 Å². The highest BCUT2D eigenvalue weighted by atomic mass is 79.9. The van der Waals surface area contributed by atoms with E-state index in [9.17, 15) is 14.4 Å². The molecule has 1 saturated carbocycles. The van der Waals surface area contributed by atoms with Crippen LogP contribution < -0.4 is 25.5 Å². The van der Waals surface area contributed by atoms with Crippen molar-refractivity contribution in [3.63, 3.8) is 0 Å². The Morgan fingerprint density at radius 2 is 1.82 bits per heavy atom. The van der Waals surface area contributed by atoms with Crippen LogP contribution >= 0.6 is 39.1 Å². The number of anilines is 1. The molecule has 0 aliphatic heterocycles. The van der Waals surface area contributed by atoms with Crippen molar-refractivity contribution < 1.29 is 23.9 Å². The number of hydrazone groups is 1. The van der Waals surface area contributed by atoms with Crippen LogP contribution in [-0.2, 0) is 14.4 Å². The highest BCUT2D eigenvalue weighted by Crippen LogP contribution is 2.36. The van der Waals surface area contributed by atoms with E-state index in [0.717, 1.165) is 12.8 Å². The van der Waals surface area contributed by atoms with Crippen LogP contribution in [0, 0.1) is 0 Å². The van der Waals surface area contributed by atoms with Crippen molar-refractivity contribution >= 4 is 68.8 Å². The molecule has 1 aliphatic carbocycles. The first kappa shape index (κ1) is 24.8. The van der Waals surface area contributed by atoms with Crippen LogP contribution in [0.15, 0.2) is 39.9 Å². The number of methoxy groups -OCH3 is 1. The lowest BCUT2D eigenvalue weighted by molar-refractivity contribution is -0.139. The fourth-order valence-electron chi connectivity index (χ4n) is 2.61. The van der Waals surface area contributed by atoms with Gasteiger partial charge in [-0.3, -0.25) is 14.4 Å². The summed E-state index contributed by atoms with van der Waals surface area (Å²) in [7, 11) is 1.44. The number of benzene rings is 2. The minimum Gasteiger partial charge on any atom is -0.493 e. The van der Waals surface area contributed by atoms with Gasteiger partial charge in [-0.25, -0.2) is 5.43 Å². The van der Waals surface area contributed by atoms with Gasteiger partial charge in [-0.15, -0.1) is 0 Å². The van der Waals surface area contributed by atoms with Gasteiger partial charge in [0, 0.05) is 21.8 Å². The molecule has 0 radical (unpaired) electrons. The Labute approximate surface area is 207 Å². The van der Waals surface area contributed by atoms with Crippen LogP contribution in [0.2, 0.25) is 10.0 Å². The second-order valence-electron chi connectivity index (χ2n) is 6.98. The first-order valence-corrected chi connectivity index (χ1v) is 11.2. The van der Waals surface area contributed by atoms with Gasteiger partial charge in [0.25, 0.3) is 5.91 Å². The molecular formula is C21H19BrCl2N4O5. The molecule has 2 aromatic rings. The molecule has 0 saturated heterocycles. The quantitative estimate of drug-likeness (QED) is 0.261. The van der Waals surface area contributed by atoms with Crippen LogP contribution in [-0.4, -0.2) is 43.7 Å². The third kappa shape index (κ3) is 7.62. The van der Waals surface area contributed by atoms with Crippen molar-refractivity contribution in [3.05, 3.63) is 50.4 Å². The molecule has 3 N–H and O–H groups in total. The number of carbonyl (C=O) groups excluding carboxylic acids is 3. The van der Waals surface area contributed by atoms with Crippen molar-refractivity contribution in [2.45, 2.75) is 18.9 Å². The summed E-state index contributed by atoms with van der Waals surface area (Å²) in [6.07, 6.45) is 3.09. The van der Waals surface area contributed by atoms with Crippen LogP contribution in [0.4, 0.5) is 5.69 Å². The molecule has 0 heterocycles. The fourth-order valence-corrected chi connectivity index (χ4v) is 3.71. The molecule has 2 aromatic carbocycles. The average molecular weight is 558 g/mol. The van der Waals surface area contributed by atoms with Crippen LogP contribution in [0.1, 0.15) is 18.4 Å². The van der Waals surface area contributed by atoms with Gasteiger partial charge in [0.2, 0.25) is 0 Å². The molecule has 3 amide bonds. The van der Waals surface area contributed by atoms with Gasteiger partial charge in [0.15, 0.2) is 18.1 Å². The molecule has 12 heteroatoms. The predicted octanol–water partition coefficient (Wildman–Crippen LogP) is 3.51. The zero-order valence-electron chi connectivity index (χ0n) is 17.3. The molecule has 0 unspecified atom stereocenters. The Hall–Kier alpha value is -2.82. The number of rotatable bonds is 8. The van der Waals surface area contributed by atoms with Crippen molar-refractivity contribution in [1.29, 1.82) is 0 Å². The zero-order valence-corrected chi connectivity index (χ0v) is 20.4. The Bertz CT molecular complexity index is 1090.